The minimum atomic E-state index is -0.320. The van der Waals surface area contributed by atoms with Crippen molar-refractivity contribution in [1.82, 2.24) is 30.2 Å². The number of benzene rings is 1. The van der Waals surface area contributed by atoms with Crippen molar-refractivity contribution in [2.75, 3.05) is 5.32 Å². The summed E-state index contributed by atoms with van der Waals surface area (Å²) in [5.41, 5.74) is 3.58. The first-order valence-corrected chi connectivity index (χ1v) is 9.81. The molecule has 0 radical (unpaired) electrons. The number of rotatable bonds is 5. The van der Waals surface area contributed by atoms with Gasteiger partial charge in [0.05, 0.1) is 30.1 Å². The van der Waals surface area contributed by atoms with Crippen LogP contribution in [0, 0.1) is 11.3 Å². The number of amides is 1. The van der Waals surface area contributed by atoms with E-state index in [0.717, 1.165) is 26.9 Å². The summed E-state index contributed by atoms with van der Waals surface area (Å²) in [5, 5.41) is 30.6. The Morgan fingerprint density at radius 3 is 2.97 bits per heavy atom. The highest BCUT2D eigenvalue weighted by molar-refractivity contribution is 7.12. The Kier molecular flexibility index (Phi) is 4.34. The summed E-state index contributed by atoms with van der Waals surface area (Å²) in [6.45, 7) is 0.532. The van der Waals surface area contributed by atoms with Crippen LogP contribution in [-0.4, -0.2) is 36.1 Å². The molecule has 5 aromatic rings. The average Bonchev–Trinajstić information content (AvgIpc) is 3.54. The maximum Gasteiger partial charge on any atom is 0.276 e. The average molecular weight is 414 g/mol. The molecule has 0 saturated carbocycles. The number of hydrogen-bond donors (Lipinski definition) is 3. The molecule has 1 amide bonds. The van der Waals surface area contributed by atoms with E-state index >= 15 is 0 Å². The Morgan fingerprint density at radius 1 is 1.23 bits per heavy atom. The third-order valence-corrected chi connectivity index (χ3v) is 5.56. The molecule has 30 heavy (non-hydrogen) atoms. The highest BCUT2D eigenvalue weighted by atomic mass is 32.1. The number of nitrogens with one attached hydrogen (secondary N) is 3. The van der Waals surface area contributed by atoms with Crippen LogP contribution in [0.5, 0.6) is 0 Å². The van der Waals surface area contributed by atoms with Gasteiger partial charge >= 0.3 is 0 Å². The van der Waals surface area contributed by atoms with E-state index in [2.05, 4.69) is 36.9 Å². The van der Waals surface area contributed by atoms with Crippen LogP contribution >= 0.6 is 11.3 Å². The molecule has 0 bridgehead atoms. The molecule has 0 unspecified atom stereocenters. The van der Waals surface area contributed by atoms with E-state index in [-0.39, 0.29) is 5.91 Å². The van der Waals surface area contributed by atoms with E-state index < -0.39 is 0 Å². The Bertz CT molecular complexity index is 1390. The topological polar surface area (TPSA) is 128 Å². The predicted octanol–water partition coefficient (Wildman–Crippen LogP) is 3.38. The van der Waals surface area contributed by atoms with Gasteiger partial charge in [0, 0.05) is 28.2 Å². The predicted molar refractivity (Wildman–Crippen MR) is 112 cm³/mol. The maximum atomic E-state index is 12.7. The molecule has 4 aromatic heterocycles. The third kappa shape index (κ3) is 3.34. The van der Waals surface area contributed by atoms with Gasteiger partial charge in [-0.15, -0.1) is 11.3 Å². The van der Waals surface area contributed by atoms with E-state index in [0.29, 0.717) is 22.8 Å². The fourth-order valence-electron chi connectivity index (χ4n) is 3.17. The van der Waals surface area contributed by atoms with Gasteiger partial charge in [0.15, 0.2) is 5.69 Å². The molecule has 0 atom stereocenters. The van der Waals surface area contributed by atoms with Crippen LogP contribution in [0.2, 0.25) is 0 Å². The third-order valence-electron chi connectivity index (χ3n) is 4.59. The molecular weight excluding hydrogens is 400 g/mol. The van der Waals surface area contributed by atoms with Crippen molar-refractivity contribution in [3.05, 3.63) is 70.6 Å². The van der Waals surface area contributed by atoms with Crippen molar-refractivity contribution in [2.45, 2.75) is 6.54 Å². The summed E-state index contributed by atoms with van der Waals surface area (Å²) in [5.74, 6) is -0.320. The highest BCUT2D eigenvalue weighted by Crippen LogP contribution is 2.25. The van der Waals surface area contributed by atoms with E-state index in [1.165, 1.54) is 11.3 Å². The lowest BCUT2D eigenvalue weighted by atomic mass is 10.1. The minimum Gasteiger partial charge on any atom is -0.318 e. The number of aromatic nitrogens is 6. The van der Waals surface area contributed by atoms with Crippen molar-refractivity contribution in [1.29, 1.82) is 5.26 Å². The van der Waals surface area contributed by atoms with Crippen LogP contribution in [0.25, 0.3) is 22.0 Å². The Morgan fingerprint density at radius 2 is 2.17 bits per heavy atom. The number of aromatic amines is 2. The van der Waals surface area contributed by atoms with Crippen molar-refractivity contribution < 1.29 is 4.79 Å². The summed E-state index contributed by atoms with van der Waals surface area (Å²) in [6.07, 6.45) is 6.87. The molecule has 10 heteroatoms. The number of carbonyl (C=O) groups excluding carboxylic acids is 1. The van der Waals surface area contributed by atoms with Crippen LogP contribution in [0.1, 0.15) is 20.2 Å². The second-order valence-corrected chi connectivity index (χ2v) is 7.75. The Labute approximate surface area is 174 Å². The first kappa shape index (κ1) is 17.8. The molecular formula is C20H14N8OS. The van der Waals surface area contributed by atoms with Crippen LogP contribution in [0.3, 0.4) is 0 Å². The smallest absolute Gasteiger partial charge is 0.276 e. The monoisotopic (exact) mass is 414 g/mol. The molecule has 0 saturated heterocycles. The lowest BCUT2D eigenvalue weighted by molar-refractivity contribution is 0.102. The number of hydrogen-bond acceptors (Lipinski definition) is 6. The molecule has 1 aromatic carbocycles. The normalized spacial score (nSPS) is 10.9. The lowest BCUT2D eigenvalue weighted by Crippen LogP contribution is -2.12. The molecule has 0 fully saturated rings. The van der Waals surface area contributed by atoms with Gasteiger partial charge in [0.1, 0.15) is 10.9 Å². The van der Waals surface area contributed by atoms with Crippen LogP contribution in [0.4, 0.5) is 5.69 Å². The fourth-order valence-corrected chi connectivity index (χ4v) is 3.97. The number of fused-ring (bicyclic) bond motifs is 1. The van der Waals surface area contributed by atoms with Gasteiger partial charge in [0.2, 0.25) is 0 Å². The maximum absolute atomic E-state index is 12.7. The molecule has 146 valence electrons. The first-order chi connectivity index (χ1) is 14.7. The molecule has 3 N–H and O–H groups in total. The fraction of sp³-hybridized carbons (Fsp3) is 0.0500. The quantitative estimate of drug-likeness (QED) is 0.406. The first-order valence-electron chi connectivity index (χ1n) is 8.99. The zero-order chi connectivity index (χ0) is 20.5. The molecule has 0 aliphatic carbocycles. The summed E-state index contributed by atoms with van der Waals surface area (Å²) < 4.78 is 1.71. The lowest BCUT2D eigenvalue weighted by Gasteiger charge is -2.01. The SMILES string of the molecule is N#Cc1ccc(Cn2cc(NC(=O)c3n[nH]c4cc(-c5cn[nH]c5)ccc34)cn2)s1. The van der Waals surface area contributed by atoms with Crippen LogP contribution in [0.15, 0.2) is 55.1 Å². The van der Waals surface area contributed by atoms with Crippen molar-refractivity contribution in [3.8, 4) is 17.2 Å². The summed E-state index contributed by atoms with van der Waals surface area (Å²) >= 11 is 1.42. The highest BCUT2D eigenvalue weighted by Gasteiger charge is 2.16. The van der Waals surface area contributed by atoms with Gasteiger partial charge in [-0.25, -0.2) is 0 Å². The molecule has 0 aliphatic heterocycles. The van der Waals surface area contributed by atoms with Gasteiger partial charge < -0.3 is 5.32 Å². The van der Waals surface area contributed by atoms with Gasteiger partial charge in [-0.2, -0.15) is 20.6 Å². The Hall–Kier alpha value is -4.23. The minimum absolute atomic E-state index is 0.313. The van der Waals surface area contributed by atoms with E-state index in [4.69, 9.17) is 5.26 Å². The van der Waals surface area contributed by atoms with E-state index in [1.807, 2.05) is 24.3 Å². The van der Waals surface area contributed by atoms with Crippen LogP contribution < -0.4 is 5.32 Å². The molecule has 5 rings (SSSR count). The van der Waals surface area contributed by atoms with Gasteiger partial charge in [-0.05, 0) is 29.8 Å². The van der Waals surface area contributed by atoms with Crippen molar-refractivity contribution in [3.63, 3.8) is 0 Å². The van der Waals surface area contributed by atoms with Gasteiger partial charge in [-0.1, -0.05) is 6.07 Å². The van der Waals surface area contributed by atoms with Crippen molar-refractivity contribution >= 4 is 33.8 Å². The molecule has 0 aliphatic rings. The number of anilines is 1. The summed E-state index contributed by atoms with van der Waals surface area (Å²) in [6, 6.07) is 11.5. The number of thiophene rings is 1. The zero-order valence-electron chi connectivity index (χ0n) is 15.5. The Balaban J connectivity index is 1.32. The number of H-pyrrole nitrogens is 2. The van der Waals surface area contributed by atoms with Crippen molar-refractivity contribution in [2.24, 2.45) is 0 Å². The zero-order valence-corrected chi connectivity index (χ0v) is 16.3. The van der Waals surface area contributed by atoms with Crippen LogP contribution in [-0.2, 0) is 6.54 Å². The molecule has 0 spiro atoms. The molecule has 4 heterocycles. The number of carbonyl (C=O) groups is 1. The summed E-state index contributed by atoms with van der Waals surface area (Å²) in [4.78, 5) is 14.4. The van der Waals surface area contributed by atoms with E-state index in [1.54, 1.807) is 35.5 Å². The second kappa shape index (κ2) is 7.31. The molecule has 9 nitrogen and oxygen atoms in total. The van der Waals surface area contributed by atoms with E-state index in [9.17, 15) is 4.79 Å². The second-order valence-electron chi connectivity index (χ2n) is 6.58. The van der Waals surface area contributed by atoms with Gasteiger partial charge in [0.25, 0.3) is 5.91 Å². The number of nitriles is 1. The number of nitrogens with zero attached hydrogens (tertiary/aromatic N) is 5. The standard InChI is InChI=1S/C20H14N8OS/c21-6-15-2-3-16(30-15)11-28-10-14(9-24-28)25-20(29)19-17-4-1-12(5-18(17)26-27-19)13-7-22-23-8-13/h1-5,7-10H,11H2,(H,22,23)(H,25,29)(H,26,27). The van der Waals surface area contributed by atoms with Gasteiger partial charge in [-0.3, -0.25) is 19.7 Å². The summed E-state index contributed by atoms with van der Waals surface area (Å²) in [7, 11) is 0. The largest absolute Gasteiger partial charge is 0.318 e.